The molecule has 3 nitrogen and oxygen atoms in total. The van der Waals surface area contributed by atoms with Gasteiger partial charge in [-0.25, -0.2) is 0 Å². The van der Waals surface area contributed by atoms with E-state index in [1.54, 1.807) is 0 Å². The molecule has 1 unspecified atom stereocenters. The average molecular weight is 181 g/mol. The number of nitrogens with one attached hydrogen (secondary N) is 1. The predicted octanol–water partition coefficient (Wildman–Crippen LogP) is 1.75. The summed E-state index contributed by atoms with van der Waals surface area (Å²) in [6.45, 7) is 5.37. The van der Waals surface area contributed by atoms with Crippen LogP contribution in [0.25, 0.3) is 0 Å². The number of aromatic nitrogens is 2. The Bertz CT molecular complexity index is 242. The average Bonchev–Trinajstić information content (AvgIpc) is 2.52. The molecule has 1 aromatic heterocycles. The summed E-state index contributed by atoms with van der Waals surface area (Å²) >= 11 is 0. The Balaban J connectivity index is 2.35. The molecule has 1 heterocycles. The van der Waals surface area contributed by atoms with Crippen LogP contribution in [0.3, 0.4) is 0 Å². The Morgan fingerprint density at radius 2 is 2.38 bits per heavy atom. The van der Waals surface area contributed by atoms with Gasteiger partial charge < -0.3 is 5.32 Å². The fourth-order valence-electron chi connectivity index (χ4n) is 1.38. The predicted molar refractivity (Wildman–Crippen MR) is 54.8 cm³/mol. The highest BCUT2D eigenvalue weighted by Crippen LogP contribution is 2.11. The number of hydrogen-bond acceptors (Lipinski definition) is 2. The zero-order chi connectivity index (χ0) is 9.68. The Kier molecular flexibility index (Phi) is 3.96. The molecule has 0 radical (unpaired) electrons. The van der Waals surface area contributed by atoms with Crippen molar-refractivity contribution in [1.29, 1.82) is 0 Å². The maximum Gasteiger partial charge on any atom is 0.0519 e. The van der Waals surface area contributed by atoms with Crippen molar-refractivity contribution in [2.75, 3.05) is 13.6 Å². The Labute approximate surface area is 80.1 Å². The van der Waals surface area contributed by atoms with Crippen LogP contribution in [-0.4, -0.2) is 23.4 Å². The van der Waals surface area contributed by atoms with E-state index in [1.807, 2.05) is 17.9 Å². The van der Waals surface area contributed by atoms with Crippen LogP contribution in [0.4, 0.5) is 0 Å². The normalized spacial score (nSPS) is 13.2. The van der Waals surface area contributed by atoms with E-state index in [4.69, 9.17) is 0 Å². The minimum atomic E-state index is 0.516. The lowest BCUT2D eigenvalue weighted by molar-refractivity contribution is 0.442. The Morgan fingerprint density at radius 1 is 1.62 bits per heavy atom. The third-order valence-corrected chi connectivity index (χ3v) is 2.23. The van der Waals surface area contributed by atoms with E-state index < -0.39 is 0 Å². The fourth-order valence-corrected chi connectivity index (χ4v) is 1.38. The lowest BCUT2D eigenvalue weighted by Gasteiger charge is -2.11. The lowest BCUT2D eigenvalue weighted by atomic mass is 10.2. The van der Waals surface area contributed by atoms with Crippen molar-refractivity contribution in [3.63, 3.8) is 0 Å². The zero-order valence-electron chi connectivity index (χ0n) is 8.75. The highest BCUT2D eigenvalue weighted by atomic mass is 15.3. The fraction of sp³-hybridized carbons (Fsp3) is 0.700. The first-order chi connectivity index (χ1) is 6.24. The van der Waals surface area contributed by atoms with Gasteiger partial charge in [0.25, 0.3) is 0 Å². The summed E-state index contributed by atoms with van der Waals surface area (Å²) in [5, 5.41) is 7.44. The molecule has 0 fully saturated rings. The second kappa shape index (κ2) is 5.02. The van der Waals surface area contributed by atoms with E-state index in [9.17, 15) is 0 Å². The van der Waals surface area contributed by atoms with Crippen LogP contribution < -0.4 is 5.32 Å². The molecule has 1 rings (SSSR count). The smallest absolute Gasteiger partial charge is 0.0519 e. The van der Waals surface area contributed by atoms with Crippen LogP contribution >= 0.6 is 0 Å². The van der Waals surface area contributed by atoms with Crippen molar-refractivity contribution in [3.05, 3.63) is 18.0 Å². The summed E-state index contributed by atoms with van der Waals surface area (Å²) in [7, 11) is 1.99. The summed E-state index contributed by atoms with van der Waals surface area (Å²) in [6.07, 6.45) is 6.40. The highest BCUT2D eigenvalue weighted by Gasteiger charge is 2.04. The van der Waals surface area contributed by atoms with Gasteiger partial charge in [0.15, 0.2) is 0 Å². The van der Waals surface area contributed by atoms with Crippen molar-refractivity contribution >= 4 is 0 Å². The highest BCUT2D eigenvalue weighted by molar-refractivity contribution is 5.00. The van der Waals surface area contributed by atoms with Crippen LogP contribution in [0.15, 0.2) is 12.4 Å². The van der Waals surface area contributed by atoms with Gasteiger partial charge in [0, 0.05) is 12.2 Å². The molecule has 0 spiro atoms. The summed E-state index contributed by atoms with van der Waals surface area (Å²) in [6, 6.07) is 0.516. The van der Waals surface area contributed by atoms with Crippen molar-refractivity contribution in [2.24, 2.45) is 0 Å². The molecule has 0 aliphatic carbocycles. The number of nitrogens with zero attached hydrogens (tertiary/aromatic N) is 2. The molecular weight excluding hydrogens is 162 g/mol. The van der Waals surface area contributed by atoms with Gasteiger partial charge in [-0.3, -0.25) is 4.68 Å². The lowest BCUT2D eigenvalue weighted by Crippen LogP contribution is -2.11. The second-order valence-electron chi connectivity index (χ2n) is 3.59. The Hall–Kier alpha value is -0.830. The molecule has 0 aliphatic rings. The molecule has 0 amide bonds. The van der Waals surface area contributed by atoms with E-state index in [2.05, 4.69) is 30.5 Å². The van der Waals surface area contributed by atoms with Gasteiger partial charge in [-0.2, -0.15) is 5.10 Å². The molecule has 0 saturated heterocycles. The van der Waals surface area contributed by atoms with Crippen LogP contribution in [0.1, 0.15) is 31.4 Å². The van der Waals surface area contributed by atoms with Crippen molar-refractivity contribution < 1.29 is 0 Å². The van der Waals surface area contributed by atoms with Crippen LogP contribution in [0, 0.1) is 6.92 Å². The quantitative estimate of drug-likeness (QED) is 0.701. The van der Waals surface area contributed by atoms with E-state index in [-0.39, 0.29) is 0 Å². The van der Waals surface area contributed by atoms with Crippen molar-refractivity contribution in [1.82, 2.24) is 15.1 Å². The van der Waals surface area contributed by atoms with E-state index in [1.165, 1.54) is 18.4 Å². The first kappa shape index (κ1) is 10.3. The molecular formula is C10H19N3. The number of rotatable bonds is 5. The second-order valence-corrected chi connectivity index (χ2v) is 3.59. The van der Waals surface area contributed by atoms with E-state index >= 15 is 0 Å². The van der Waals surface area contributed by atoms with Gasteiger partial charge in [0.05, 0.1) is 6.20 Å². The molecule has 0 aliphatic heterocycles. The molecule has 0 saturated carbocycles. The van der Waals surface area contributed by atoms with Gasteiger partial charge >= 0.3 is 0 Å². The third-order valence-electron chi connectivity index (χ3n) is 2.23. The van der Waals surface area contributed by atoms with Gasteiger partial charge in [-0.1, -0.05) is 0 Å². The molecule has 1 aromatic rings. The minimum absolute atomic E-state index is 0.516. The first-order valence-electron chi connectivity index (χ1n) is 4.89. The molecule has 3 heteroatoms. The van der Waals surface area contributed by atoms with Crippen LogP contribution in [-0.2, 0) is 0 Å². The summed E-state index contributed by atoms with van der Waals surface area (Å²) in [5.41, 5.74) is 1.24. The Morgan fingerprint density at radius 3 is 2.92 bits per heavy atom. The zero-order valence-corrected chi connectivity index (χ0v) is 8.75. The first-order valence-corrected chi connectivity index (χ1v) is 4.89. The third kappa shape index (κ3) is 3.19. The molecule has 0 bridgehead atoms. The van der Waals surface area contributed by atoms with Gasteiger partial charge in [-0.15, -0.1) is 0 Å². The van der Waals surface area contributed by atoms with Gasteiger partial charge in [0.2, 0.25) is 0 Å². The van der Waals surface area contributed by atoms with E-state index in [0.717, 1.165) is 6.54 Å². The molecule has 13 heavy (non-hydrogen) atoms. The standard InChI is InChI=1S/C10H19N3/c1-9-7-12-13(8-9)10(2)5-4-6-11-3/h7-8,10-11H,4-6H2,1-3H3. The summed E-state index contributed by atoms with van der Waals surface area (Å²) in [5.74, 6) is 0. The maximum absolute atomic E-state index is 4.29. The summed E-state index contributed by atoms with van der Waals surface area (Å²) < 4.78 is 2.05. The molecule has 74 valence electrons. The maximum atomic E-state index is 4.29. The molecule has 1 N–H and O–H groups in total. The number of hydrogen-bond donors (Lipinski definition) is 1. The topological polar surface area (TPSA) is 29.9 Å². The molecule has 0 aromatic carbocycles. The number of aryl methyl sites for hydroxylation is 1. The van der Waals surface area contributed by atoms with Crippen molar-refractivity contribution in [3.8, 4) is 0 Å². The molecule has 1 atom stereocenters. The van der Waals surface area contributed by atoms with Gasteiger partial charge in [0.1, 0.15) is 0 Å². The van der Waals surface area contributed by atoms with Crippen LogP contribution in [0.2, 0.25) is 0 Å². The minimum Gasteiger partial charge on any atom is -0.320 e. The summed E-state index contributed by atoms with van der Waals surface area (Å²) in [4.78, 5) is 0. The largest absolute Gasteiger partial charge is 0.320 e. The van der Waals surface area contributed by atoms with Crippen molar-refractivity contribution in [2.45, 2.75) is 32.7 Å². The van der Waals surface area contributed by atoms with Crippen LogP contribution in [0.5, 0.6) is 0 Å². The monoisotopic (exact) mass is 181 g/mol. The van der Waals surface area contributed by atoms with E-state index in [0.29, 0.717) is 6.04 Å². The van der Waals surface area contributed by atoms with Gasteiger partial charge in [-0.05, 0) is 45.8 Å². The SMILES string of the molecule is CNCCCC(C)n1cc(C)cn1.